The van der Waals surface area contributed by atoms with E-state index in [0.717, 1.165) is 13.0 Å². The van der Waals surface area contributed by atoms with Crippen LogP contribution < -0.4 is 0 Å². The number of Topliss-reactive ketones (excluding diaryl/α,β-unsaturated/α-hetero) is 1. The molecule has 0 aromatic heterocycles. The molecule has 0 radical (unpaired) electrons. The van der Waals surface area contributed by atoms with E-state index in [4.69, 9.17) is 33.2 Å². The maximum absolute atomic E-state index is 11.8. The highest BCUT2D eigenvalue weighted by atomic mass is 127. The Balaban J connectivity index is 1.72. The molecule has 0 unspecified atom stereocenters. The van der Waals surface area contributed by atoms with Gasteiger partial charge in [0, 0.05) is 12.2 Å². The number of esters is 1. The van der Waals surface area contributed by atoms with Crippen LogP contribution >= 0.6 is 22.6 Å². The van der Waals surface area contributed by atoms with Gasteiger partial charge in [0.2, 0.25) is 0 Å². The van der Waals surface area contributed by atoms with Crippen LogP contribution in [0.15, 0.2) is 30.3 Å². The van der Waals surface area contributed by atoms with Gasteiger partial charge < -0.3 is 33.2 Å². The maximum atomic E-state index is 11.8. The summed E-state index contributed by atoms with van der Waals surface area (Å²) in [6.45, 7) is 5.99. The fourth-order valence-electron chi connectivity index (χ4n) is 2.82. The number of carbonyl (C=O) groups is 2. The summed E-state index contributed by atoms with van der Waals surface area (Å²) in [6, 6.07) is 8.29. The van der Waals surface area contributed by atoms with Crippen LogP contribution in [0.2, 0.25) is 0 Å². The number of rotatable bonds is 26. The molecule has 1 aromatic carbocycles. The van der Waals surface area contributed by atoms with E-state index in [-0.39, 0.29) is 13.2 Å². The minimum Gasteiger partial charge on any atom is -0.457 e. The largest absolute Gasteiger partial charge is 0.457 e. The number of carbonyl (C=O) groups excluding carboxylic acids is 2. The van der Waals surface area contributed by atoms with Crippen LogP contribution in [0.25, 0.3) is 0 Å². The number of hydrogen-bond acceptors (Lipinski definition) is 9. The van der Waals surface area contributed by atoms with Gasteiger partial charge in [0.25, 0.3) is 5.78 Å². The third kappa shape index (κ3) is 20.0. The van der Waals surface area contributed by atoms with Crippen molar-refractivity contribution in [3.63, 3.8) is 0 Å². The van der Waals surface area contributed by atoms with E-state index >= 15 is 0 Å². The van der Waals surface area contributed by atoms with Crippen molar-refractivity contribution in [2.45, 2.75) is 25.7 Å². The Morgan fingerprint density at radius 3 is 1.42 bits per heavy atom. The zero-order chi connectivity index (χ0) is 25.9. The third-order valence-corrected chi connectivity index (χ3v) is 5.48. The molecule has 0 spiro atoms. The van der Waals surface area contributed by atoms with Crippen LogP contribution in [0, 0.1) is 0 Å². The van der Waals surface area contributed by atoms with E-state index in [1.807, 2.05) is 0 Å². The molecule has 0 saturated heterocycles. The molecule has 0 bridgehead atoms. The van der Waals surface area contributed by atoms with Crippen LogP contribution in [0.3, 0.4) is 0 Å². The Morgan fingerprint density at radius 2 is 0.944 bits per heavy atom. The van der Waals surface area contributed by atoms with E-state index in [0.29, 0.717) is 71.6 Å². The third-order valence-electron chi connectivity index (χ3n) is 4.71. The summed E-state index contributed by atoms with van der Waals surface area (Å²) in [5, 5.41) is 0. The van der Waals surface area contributed by atoms with Crippen LogP contribution in [0.4, 0.5) is 0 Å². The first kappa shape index (κ1) is 32.9. The Kier molecular flexibility index (Phi) is 23.3. The van der Waals surface area contributed by atoms with E-state index in [9.17, 15) is 9.59 Å². The molecule has 36 heavy (non-hydrogen) atoms. The average molecular weight is 625 g/mol. The number of hydrogen-bond donors (Lipinski definition) is 0. The van der Waals surface area contributed by atoms with Crippen molar-refractivity contribution in [2.75, 3.05) is 90.3 Å². The van der Waals surface area contributed by atoms with Crippen LogP contribution in [-0.2, 0) is 38.0 Å². The molecule has 0 aliphatic heterocycles. The summed E-state index contributed by atoms with van der Waals surface area (Å²) < 4.78 is 38.7. The first-order valence-corrected chi connectivity index (χ1v) is 14.1. The topological polar surface area (TPSA) is 98.8 Å². The van der Waals surface area contributed by atoms with Crippen molar-refractivity contribution in [3.05, 3.63) is 35.9 Å². The molecule has 1 aromatic rings. The highest BCUT2D eigenvalue weighted by molar-refractivity contribution is 14.1. The number of alkyl halides is 1. The first-order valence-electron chi connectivity index (χ1n) is 12.5. The normalized spacial score (nSPS) is 11.0. The predicted octanol–water partition coefficient (Wildman–Crippen LogP) is 3.51. The Labute approximate surface area is 228 Å². The monoisotopic (exact) mass is 624 g/mol. The summed E-state index contributed by atoms with van der Waals surface area (Å²) in [6.07, 6.45) is 4.94. The minimum atomic E-state index is -0.886. The lowest BCUT2D eigenvalue weighted by Gasteiger charge is -2.08. The summed E-state index contributed by atoms with van der Waals surface area (Å²) in [5.41, 5.74) is 0.305. The zero-order valence-corrected chi connectivity index (χ0v) is 23.3. The molecule has 0 N–H and O–H groups in total. The minimum absolute atomic E-state index is 0.0122. The van der Waals surface area contributed by atoms with Crippen molar-refractivity contribution in [1.82, 2.24) is 0 Å². The molecular weight excluding hydrogens is 583 g/mol. The lowest BCUT2D eigenvalue weighted by atomic mass is 10.1. The van der Waals surface area contributed by atoms with Crippen LogP contribution in [0.5, 0.6) is 0 Å². The highest BCUT2D eigenvalue weighted by Gasteiger charge is 2.16. The van der Waals surface area contributed by atoms with Gasteiger partial charge >= 0.3 is 5.97 Å². The molecule has 1 rings (SSSR count). The summed E-state index contributed by atoms with van der Waals surface area (Å²) in [5.74, 6) is -1.55. The Bertz CT molecular complexity index is 646. The number of ether oxygens (including phenoxy) is 7. The number of unbranched alkanes of at least 4 members (excludes halogenated alkanes) is 3. The van der Waals surface area contributed by atoms with Crippen LogP contribution in [0.1, 0.15) is 36.0 Å². The lowest BCUT2D eigenvalue weighted by molar-refractivity contribution is -0.139. The summed E-state index contributed by atoms with van der Waals surface area (Å²) in [7, 11) is 0. The van der Waals surface area contributed by atoms with Gasteiger partial charge in [0.05, 0.1) is 72.7 Å². The number of benzene rings is 1. The second-order valence-electron chi connectivity index (χ2n) is 7.61. The standard InChI is InChI=1S/C26H41IO9/c27-10-6-1-2-7-11-30-12-13-31-14-15-32-16-17-33-18-19-34-20-21-35-22-23-36-26(29)25(28)24-8-4-3-5-9-24/h3-5,8-9H,1-2,6-7,10-23H2. The first-order chi connectivity index (χ1) is 17.8. The van der Waals surface area contributed by atoms with E-state index in [1.165, 1.54) is 23.7 Å². The lowest BCUT2D eigenvalue weighted by Crippen LogP contribution is -2.20. The molecule has 0 heterocycles. The molecule has 10 heteroatoms. The van der Waals surface area contributed by atoms with Gasteiger partial charge in [0.1, 0.15) is 6.61 Å². The van der Waals surface area contributed by atoms with Gasteiger partial charge in [-0.2, -0.15) is 0 Å². The van der Waals surface area contributed by atoms with Gasteiger partial charge in [-0.15, -0.1) is 0 Å². The molecule has 0 aliphatic carbocycles. The quantitative estimate of drug-likeness (QED) is 0.0383. The average Bonchev–Trinajstić information content (AvgIpc) is 2.91. The highest BCUT2D eigenvalue weighted by Crippen LogP contribution is 2.02. The van der Waals surface area contributed by atoms with Gasteiger partial charge in [-0.3, -0.25) is 4.79 Å². The van der Waals surface area contributed by atoms with Gasteiger partial charge in [-0.25, -0.2) is 4.79 Å². The molecule has 206 valence electrons. The molecule has 0 aliphatic rings. The maximum Gasteiger partial charge on any atom is 0.379 e. The molecule has 0 fully saturated rings. The van der Waals surface area contributed by atoms with Gasteiger partial charge in [-0.05, 0) is 17.3 Å². The SMILES string of the molecule is O=C(OCCOCCOCCOCCOCCOCCOCCCCCCI)C(=O)c1ccccc1. The fourth-order valence-corrected chi connectivity index (χ4v) is 3.36. The molecule has 9 nitrogen and oxygen atoms in total. The van der Waals surface area contributed by atoms with Crippen molar-refractivity contribution < 1.29 is 42.7 Å². The van der Waals surface area contributed by atoms with Crippen molar-refractivity contribution in [2.24, 2.45) is 0 Å². The predicted molar refractivity (Wildman–Crippen MR) is 144 cm³/mol. The van der Waals surface area contributed by atoms with E-state index < -0.39 is 11.8 Å². The number of halogens is 1. The second-order valence-corrected chi connectivity index (χ2v) is 8.69. The van der Waals surface area contributed by atoms with Crippen molar-refractivity contribution in [3.8, 4) is 0 Å². The smallest absolute Gasteiger partial charge is 0.379 e. The van der Waals surface area contributed by atoms with E-state index in [2.05, 4.69) is 22.6 Å². The zero-order valence-electron chi connectivity index (χ0n) is 21.2. The molecule has 0 atom stereocenters. The Morgan fingerprint density at radius 1 is 0.528 bits per heavy atom. The van der Waals surface area contributed by atoms with Crippen LogP contribution in [-0.4, -0.2) is 102 Å². The molecular formula is C26H41IO9. The second kappa shape index (κ2) is 25.5. The Hall–Kier alpha value is -1.15. The molecule has 0 amide bonds. The summed E-state index contributed by atoms with van der Waals surface area (Å²) >= 11 is 2.41. The fraction of sp³-hybridized carbons (Fsp3) is 0.692. The van der Waals surface area contributed by atoms with Crippen molar-refractivity contribution in [1.29, 1.82) is 0 Å². The number of ketones is 1. The van der Waals surface area contributed by atoms with Gasteiger partial charge in [-0.1, -0.05) is 65.8 Å². The van der Waals surface area contributed by atoms with Gasteiger partial charge in [0.15, 0.2) is 0 Å². The molecule has 0 saturated carbocycles. The summed E-state index contributed by atoms with van der Waals surface area (Å²) in [4.78, 5) is 23.5. The van der Waals surface area contributed by atoms with E-state index in [1.54, 1.807) is 30.3 Å². The van der Waals surface area contributed by atoms with Crippen molar-refractivity contribution >= 4 is 34.3 Å².